The molecule has 7 nitrogen and oxygen atoms in total. The van der Waals surface area contributed by atoms with E-state index >= 15 is 0 Å². The van der Waals surface area contributed by atoms with Crippen LogP contribution in [0.4, 0.5) is 0 Å². The zero-order valence-corrected chi connectivity index (χ0v) is 15.6. The summed E-state index contributed by atoms with van der Waals surface area (Å²) in [5.41, 5.74) is 0.763. The van der Waals surface area contributed by atoms with Gasteiger partial charge < -0.3 is 24.4 Å². The summed E-state index contributed by atoms with van der Waals surface area (Å²) in [6.45, 7) is 1.75. The van der Waals surface area contributed by atoms with E-state index in [1.165, 1.54) is 24.3 Å². The molecule has 2 heterocycles. The summed E-state index contributed by atoms with van der Waals surface area (Å²) in [6, 6.07) is 6.43. The SMILES string of the molecule is CC(OC(=O)/C=C/c1ccc(O)cc1)[C@H]1CC[C@@H](C(O)C2CC=CC(=O)O2)O1. The zero-order valence-electron chi connectivity index (χ0n) is 15.6. The average Bonchev–Trinajstić information content (AvgIpc) is 3.17. The molecular formula is C21H24O7. The van der Waals surface area contributed by atoms with Gasteiger partial charge in [-0.2, -0.15) is 0 Å². The summed E-state index contributed by atoms with van der Waals surface area (Å²) in [6.07, 6.45) is 4.79. The van der Waals surface area contributed by atoms with Crippen LogP contribution in [0, 0.1) is 0 Å². The lowest BCUT2D eigenvalue weighted by molar-refractivity contribution is -0.164. The molecular weight excluding hydrogens is 364 g/mol. The Kier molecular flexibility index (Phi) is 6.49. The topological polar surface area (TPSA) is 102 Å². The minimum atomic E-state index is -0.920. The van der Waals surface area contributed by atoms with Gasteiger partial charge in [-0.05, 0) is 43.5 Å². The highest BCUT2D eigenvalue weighted by molar-refractivity contribution is 5.87. The van der Waals surface area contributed by atoms with Gasteiger partial charge in [-0.15, -0.1) is 0 Å². The van der Waals surface area contributed by atoms with Crippen LogP contribution in [0.1, 0.15) is 31.7 Å². The minimum absolute atomic E-state index is 0.155. The molecule has 1 fully saturated rings. The van der Waals surface area contributed by atoms with E-state index in [0.29, 0.717) is 19.3 Å². The molecule has 0 amide bonds. The van der Waals surface area contributed by atoms with Crippen LogP contribution in [-0.2, 0) is 23.8 Å². The van der Waals surface area contributed by atoms with Crippen LogP contribution in [0.25, 0.3) is 6.08 Å². The maximum absolute atomic E-state index is 12.0. The van der Waals surface area contributed by atoms with E-state index in [4.69, 9.17) is 14.2 Å². The highest BCUT2D eigenvalue weighted by Gasteiger charge is 2.39. The van der Waals surface area contributed by atoms with Crippen molar-refractivity contribution in [2.24, 2.45) is 0 Å². The Hall–Kier alpha value is -2.64. The average molecular weight is 388 g/mol. The van der Waals surface area contributed by atoms with Crippen LogP contribution in [0.15, 0.2) is 42.5 Å². The van der Waals surface area contributed by atoms with Crippen molar-refractivity contribution < 1.29 is 34.0 Å². The van der Waals surface area contributed by atoms with Crippen LogP contribution in [0.3, 0.4) is 0 Å². The van der Waals surface area contributed by atoms with Crippen molar-refractivity contribution >= 4 is 18.0 Å². The molecule has 0 aliphatic carbocycles. The first-order valence-corrected chi connectivity index (χ1v) is 9.31. The molecule has 28 heavy (non-hydrogen) atoms. The zero-order chi connectivity index (χ0) is 20.1. The van der Waals surface area contributed by atoms with Crippen LogP contribution in [0.5, 0.6) is 5.75 Å². The number of aliphatic hydroxyl groups is 1. The molecule has 0 radical (unpaired) electrons. The van der Waals surface area contributed by atoms with Gasteiger partial charge in [0.2, 0.25) is 0 Å². The number of hydrogen-bond acceptors (Lipinski definition) is 7. The molecule has 3 unspecified atom stereocenters. The second-order valence-corrected chi connectivity index (χ2v) is 6.96. The van der Waals surface area contributed by atoms with E-state index < -0.39 is 36.4 Å². The van der Waals surface area contributed by atoms with Gasteiger partial charge in [0.1, 0.15) is 24.1 Å². The molecule has 1 saturated heterocycles. The Morgan fingerprint density at radius 1 is 1.21 bits per heavy atom. The van der Waals surface area contributed by atoms with Crippen molar-refractivity contribution in [3.05, 3.63) is 48.1 Å². The molecule has 150 valence electrons. The Balaban J connectivity index is 1.47. The number of phenols is 1. The fourth-order valence-corrected chi connectivity index (χ4v) is 3.32. The van der Waals surface area contributed by atoms with Gasteiger partial charge in [-0.3, -0.25) is 0 Å². The molecule has 2 aliphatic heterocycles. The van der Waals surface area contributed by atoms with Crippen molar-refractivity contribution in [3.63, 3.8) is 0 Å². The van der Waals surface area contributed by atoms with Gasteiger partial charge >= 0.3 is 11.9 Å². The second kappa shape index (κ2) is 9.03. The molecule has 1 aromatic carbocycles. The van der Waals surface area contributed by atoms with E-state index in [-0.39, 0.29) is 11.9 Å². The van der Waals surface area contributed by atoms with E-state index in [1.54, 1.807) is 31.2 Å². The molecule has 0 bridgehead atoms. The largest absolute Gasteiger partial charge is 0.508 e. The molecule has 0 spiro atoms. The summed E-state index contributed by atoms with van der Waals surface area (Å²) in [7, 11) is 0. The van der Waals surface area contributed by atoms with E-state index in [1.807, 2.05) is 0 Å². The fraction of sp³-hybridized carbons (Fsp3) is 0.429. The predicted octanol–water partition coefficient (Wildman–Crippen LogP) is 2.12. The smallest absolute Gasteiger partial charge is 0.331 e. The third-order valence-corrected chi connectivity index (χ3v) is 4.87. The number of aliphatic hydroxyl groups excluding tert-OH is 1. The van der Waals surface area contributed by atoms with Crippen LogP contribution in [0.2, 0.25) is 0 Å². The number of carbonyl (C=O) groups excluding carboxylic acids is 2. The molecule has 2 aliphatic rings. The lowest BCUT2D eigenvalue weighted by atomic mass is 10.0. The van der Waals surface area contributed by atoms with Gasteiger partial charge in [0, 0.05) is 18.6 Å². The van der Waals surface area contributed by atoms with Crippen LogP contribution in [-0.4, -0.2) is 52.7 Å². The molecule has 7 heteroatoms. The van der Waals surface area contributed by atoms with Crippen molar-refractivity contribution in [3.8, 4) is 5.75 Å². The number of phenolic OH excluding ortho intramolecular Hbond substituents is 1. The fourth-order valence-electron chi connectivity index (χ4n) is 3.32. The van der Waals surface area contributed by atoms with Gasteiger partial charge in [0.05, 0.1) is 12.2 Å². The quantitative estimate of drug-likeness (QED) is 0.568. The van der Waals surface area contributed by atoms with Crippen molar-refractivity contribution in [2.75, 3.05) is 0 Å². The number of rotatable bonds is 6. The summed E-state index contributed by atoms with van der Waals surface area (Å²) in [5, 5.41) is 19.7. The van der Waals surface area contributed by atoms with Gasteiger partial charge in [0.25, 0.3) is 0 Å². The van der Waals surface area contributed by atoms with Gasteiger partial charge in [-0.1, -0.05) is 18.2 Å². The normalized spacial score (nSPS) is 26.8. The molecule has 0 saturated carbocycles. The first kappa shape index (κ1) is 20.1. The first-order valence-electron chi connectivity index (χ1n) is 9.31. The highest BCUT2D eigenvalue weighted by Crippen LogP contribution is 2.29. The lowest BCUT2D eigenvalue weighted by Gasteiger charge is -2.28. The van der Waals surface area contributed by atoms with E-state index in [9.17, 15) is 19.8 Å². The molecule has 2 N–H and O–H groups in total. The predicted molar refractivity (Wildman–Crippen MR) is 100 cm³/mol. The Bertz CT molecular complexity index is 753. The summed E-state index contributed by atoms with van der Waals surface area (Å²) in [5.74, 6) is -0.811. The highest BCUT2D eigenvalue weighted by atomic mass is 16.6. The number of carbonyl (C=O) groups is 2. The maximum Gasteiger partial charge on any atom is 0.331 e. The molecule has 5 atom stereocenters. The van der Waals surface area contributed by atoms with Gasteiger partial charge in [-0.25, -0.2) is 9.59 Å². The van der Waals surface area contributed by atoms with Crippen LogP contribution >= 0.6 is 0 Å². The number of esters is 2. The Labute approximate surface area is 163 Å². The Morgan fingerprint density at radius 2 is 1.93 bits per heavy atom. The van der Waals surface area contributed by atoms with E-state index in [2.05, 4.69) is 0 Å². The molecule has 1 aromatic rings. The monoisotopic (exact) mass is 388 g/mol. The van der Waals surface area contributed by atoms with Crippen molar-refractivity contribution in [1.29, 1.82) is 0 Å². The maximum atomic E-state index is 12.0. The second-order valence-electron chi connectivity index (χ2n) is 6.96. The van der Waals surface area contributed by atoms with Crippen molar-refractivity contribution in [1.82, 2.24) is 0 Å². The first-order chi connectivity index (χ1) is 13.4. The summed E-state index contributed by atoms with van der Waals surface area (Å²) < 4.78 is 16.4. The van der Waals surface area contributed by atoms with Crippen molar-refractivity contribution in [2.45, 2.75) is 56.7 Å². The summed E-state index contributed by atoms with van der Waals surface area (Å²) in [4.78, 5) is 23.4. The third kappa shape index (κ3) is 5.21. The minimum Gasteiger partial charge on any atom is -0.508 e. The molecule has 0 aromatic heterocycles. The van der Waals surface area contributed by atoms with Gasteiger partial charge in [0.15, 0.2) is 0 Å². The third-order valence-electron chi connectivity index (χ3n) is 4.87. The van der Waals surface area contributed by atoms with Crippen LogP contribution < -0.4 is 0 Å². The number of hydrogen-bond donors (Lipinski definition) is 2. The standard InChI is InChI=1S/C21H24O7/c1-13(26-20(24)12-7-14-5-8-15(22)9-6-14)16-10-11-18(27-16)21(25)17-3-2-4-19(23)28-17/h2,4-9,12-13,16-18,21-22,25H,3,10-11H2,1H3/b12-7+/t13?,16-,17?,18+,21?/m1/s1. The lowest BCUT2D eigenvalue weighted by Crippen LogP contribution is -2.41. The Morgan fingerprint density at radius 3 is 2.64 bits per heavy atom. The summed E-state index contributed by atoms with van der Waals surface area (Å²) >= 11 is 0. The number of ether oxygens (including phenoxy) is 3. The van der Waals surface area contributed by atoms with E-state index in [0.717, 1.165) is 5.56 Å². The number of benzene rings is 1. The molecule has 3 rings (SSSR count). The number of aromatic hydroxyl groups is 1. The number of cyclic esters (lactones) is 1.